The van der Waals surface area contributed by atoms with Gasteiger partial charge in [0, 0.05) is 18.6 Å². The average Bonchev–Trinajstić information content (AvgIpc) is 2.72. The van der Waals surface area contributed by atoms with Gasteiger partial charge in [0.2, 0.25) is 5.91 Å². The van der Waals surface area contributed by atoms with E-state index in [2.05, 4.69) is 5.32 Å². The van der Waals surface area contributed by atoms with Crippen molar-refractivity contribution in [3.05, 3.63) is 36.4 Å². The third kappa shape index (κ3) is 4.48. The van der Waals surface area contributed by atoms with E-state index in [4.69, 9.17) is 18.9 Å². The van der Waals surface area contributed by atoms with Gasteiger partial charge in [-0.05, 0) is 24.3 Å². The second kappa shape index (κ2) is 8.39. The van der Waals surface area contributed by atoms with Crippen LogP contribution in [0, 0.1) is 0 Å². The second-order valence-corrected chi connectivity index (χ2v) is 8.10. The highest BCUT2D eigenvalue weighted by molar-refractivity contribution is 7.91. The molecule has 1 heterocycles. The SMILES string of the molecule is COc1ccc(OC)c(NC(=O)CCS(=O)(=O)c2ccc3c(c2)OCCO3)c1. The Morgan fingerprint density at radius 1 is 1.04 bits per heavy atom. The zero-order valence-electron chi connectivity index (χ0n) is 15.6. The van der Waals surface area contributed by atoms with Gasteiger partial charge in [-0.2, -0.15) is 0 Å². The second-order valence-electron chi connectivity index (χ2n) is 5.99. The third-order valence-corrected chi connectivity index (χ3v) is 5.87. The van der Waals surface area contributed by atoms with Crippen molar-refractivity contribution < 1.29 is 32.2 Å². The maximum Gasteiger partial charge on any atom is 0.225 e. The Hall–Kier alpha value is -2.94. The van der Waals surface area contributed by atoms with Gasteiger partial charge >= 0.3 is 0 Å². The number of methoxy groups -OCH3 is 2. The quantitative estimate of drug-likeness (QED) is 0.751. The van der Waals surface area contributed by atoms with E-state index in [9.17, 15) is 13.2 Å². The van der Waals surface area contributed by atoms with Crippen LogP contribution in [0.3, 0.4) is 0 Å². The first-order valence-corrected chi connectivity index (χ1v) is 10.2. The summed E-state index contributed by atoms with van der Waals surface area (Å²) in [5.41, 5.74) is 0.406. The largest absolute Gasteiger partial charge is 0.497 e. The van der Waals surface area contributed by atoms with E-state index in [-0.39, 0.29) is 17.1 Å². The van der Waals surface area contributed by atoms with Gasteiger partial charge in [-0.15, -0.1) is 0 Å². The number of nitrogens with one attached hydrogen (secondary N) is 1. The van der Waals surface area contributed by atoms with E-state index in [1.165, 1.54) is 26.4 Å². The molecular weight excluding hydrogens is 386 g/mol. The molecule has 1 aliphatic rings. The highest BCUT2D eigenvalue weighted by Gasteiger charge is 2.21. The normalized spacial score (nSPS) is 12.9. The Kier molecular flexibility index (Phi) is 5.93. The van der Waals surface area contributed by atoms with Crippen molar-refractivity contribution in [1.82, 2.24) is 0 Å². The van der Waals surface area contributed by atoms with Gasteiger partial charge in [-0.3, -0.25) is 4.79 Å². The van der Waals surface area contributed by atoms with Gasteiger partial charge in [-0.25, -0.2) is 8.42 Å². The van der Waals surface area contributed by atoms with Crippen LogP contribution in [0.1, 0.15) is 6.42 Å². The molecule has 1 aliphatic heterocycles. The molecule has 3 rings (SSSR count). The maximum absolute atomic E-state index is 12.6. The van der Waals surface area contributed by atoms with Crippen molar-refractivity contribution in [2.75, 3.05) is 38.5 Å². The number of fused-ring (bicyclic) bond motifs is 1. The zero-order valence-corrected chi connectivity index (χ0v) is 16.4. The lowest BCUT2D eigenvalue weighted by molar-refractivity contribution is -0.115. The molecule has 0 atom stereocenters. The molecule has 150 valence electrons. The number of hydrogen-bond donors (Lipinski definition) is 1. The number of carbonyl (C=O) groups excluding carboxylic acids is 1. The fraction of sp³-hybridized carbons (Fsp3) is 0.316. The number of amides is 1. The standard InChI is InChI=1S/C19H21NO7S/c1-24-13-3-5-16(25-2)15(11-13)20-19(21)7-10-28(22,23)14-4-6-17-18(12-14)27-9-8-26-17/h3-6,11-12H,7-10H2,1-2H3,(H,20,21). The summed E-state index contributed by atoms with van der Waals surface area (Å²) in [7, 11) is -0.679. The summed E-state index contributed by atoms with van der Waals surface area (Å²) in [6, 6.07) is 9.38. The van der Waals surface area contributed by atoms with Gasteiger partial charge < -0.3 is 24.3 Å². The number of anilines is 1. The molecule has 0 unspecified atom stereocenters. The maximum atomic E-state index is 12.6. The van der Waals surface area contributed by atoms with Crippen LogP contribution in [0.2, 0.25) is 0 Å². The average molecular weight is 407 g/mol. The molecule has 1 amide bonds. The minimum absolute atomic E-state index is 0.0866. The van der Waals surface area contributed by atoms with Crippen LogP contribution in [0.15, 0.2) is 41.3 Å². The molecule has 0 fully saturated rings. The minimum Gasteiger partial charge on any atom is -0.497 e. The molecule has 2 aromatic rings. The van der Waals surface area contributed by atoms with Gasteiger partial charge in [-0.1, -0.05) is 0 Å². The predicted molar refractivity (Wildman–Crippen MR) is 102 cm³/mol. The molecule has 0 saturated carbocycles. The molecule has 2 aromatic carbocycles. The Morgan fingerprint density at radius 2 is 1.79 bits per heavy atom. The van der Waals surface area contributed by atoms with E-state index in [0.717, 1.165) is 0 Å². The van der Waals surface area contributed by atoms with Crippen LogP contribution in [-0.4, -0.2) is 47.5 Å². The van der Waals surface area contributed by atoms with Crippen LogP contribution >= 0.6 is 0 Å². The van der Waals surface area contributed by atoms with E-state index < -0.39 is 15.7 Å². The summed E-state index contributed by atoms with van der Waals surface area (Å²) in [5.74, 6) is 1.09. The minimum atomic E-state index is -3.66. The summed E-state index contributed by atoms with van der Waals surface area (Å²) in [4.78, 5) is 12.4. The number of ether oxygens (including phenoxy) is 4. The predicted octanol–water partition coefficient (Wildman–Crippen LogP) is 2.28. The molecule has 0 saturated heterocycles. The summed E-state index contributed by atoms with van der Waals surface area (Å²) in [6.07, 6.45) is -0.211. The summed E-state index contributed by atoms with van der Waals surface area (Å²) >= 11 is 0. The number of rotatable bonds is 7. The van der Waals surface area contributed by atoms with Crippen LogP contribution in [0.25, 0.3) is 0 Å². The number of benzene rings is 2. The van der Waals surface area contributed by atoms with E-state index in [1.54, 1.807) is 24.3 Å². The lowest BCUT2D eigenvalue weighted by Gasteiger charge is -2.18. The fourth-order valence-corrected chi connectivity index (χ4v) is 3.94. The lowest BCUT2D eigenvalue weighted by Crippen LogP contribution is -2.19. The van der Waals surface area contributed by atoms with Crippen molar-refractivity contribution in [2.45, 2.75) is 11.3 Å². The molecule has 28 heavy (non-hydrogen) atoms. The van der Waals surface area contributed by atoms with Gasteiger partial charge in [0.1, 0.15) is 24.7 Å². The van der Waals surface area contributed by atoms with Crippen molar-refractivity contribution in [3.8, 4) is 23.0 Å². The lowest BCUT2D eigenvalue weighted by atomic mass is 10.2. The van der Waals surface area contributed by atoms with Gasteiger partial charge in [0.15, 0.2) is 21.3 Å². The van der Waals surface area contributed by atoms with E-state index in [1.807, 2.05) is 0 Å². The number of hydrogen-bond acceptors (Lipinski definition) is 7. The first kappa shape index (κ1) is 19.8. The van der Waals surface area contributed by atoms with E-state index >= 15 is 0 Å². The monoisotopic (exact) mass is 407 g/mol. The molecular formula is C19H21NO7S. The van der Waals surface area contributed by atoms with Crippen LogP contribution in [0.5, 0.6) is 23.0 Å². The molecule has 1 N–H and O–H groups in total. The summed E-state index contributed by atoms with van der Waals surface area (Å²) < 4.78 is 46.3. The summed E-state index contributed by atoms with van der Waals surface area (Å²) in [5, 5.41) is 2.66. The Bertz CT molecular complexity index is 972. The van der Waals surface area contributed by atoms with Crippen molar-refractivity contribution in [3.63, 3.8) is 0 Å². The summed E-state index contributed by atoms with van der Waals surface area (Å²) in [6.45, 7) is 0.786. The van der Waals surface area contributed by atoms with Crippen molar-refractivity contribution in [1.29, 1.82) is 0 Å². The molecule has 0 aromatic heterocycles. The van der Waals surface area contributed by atoms with Crippen molar-refractivity contribution >= 4 is 21.4 Å². The molecule has 8 nitrogen and oxygen atoms in total. The topological polar surface area (TPSA) is 100 Å². The first-order valence-electron chi connectivity index (χ1n) is 8.57. The molecule has 0 radical (unpaired) electrons. The highest BCUT2D eigenvalue weighted by Crippen LogP contribution is 2.33. The van der Waals surface area contributed by atoms with Crippen LogP contribution in [0.4, 0.5) is 5.69 Å². The van der Waals surface area contributed by atoms with Crippen molar-refractivity contribution in [2.24, 2.45) is 0 Å². The highest BCUT2D eigenvalue weighted by atomic mass is 32.2. The van der Waals surface area contributed by atoms with Gasteiger partial charge in [0.25, 0.3) is 0 Å². The third-order valence-electron chi connectivity index (χ3n) is 4.15. The first-order chi connectivity index (χ1) is 13.4. The molecule has 0 spiro atoms. The number of carbonyl (C=O) groups is 1. The van der Waals surface area contributed by atoms with Crippen LogP contribution < -0.4 is 24.3 Å². The zero-order chi connectivity index (χ0) is 20.1. The Labute approximate surface area is 163 Å². The Balaban J connectivity index is 1.67. The Morgan fingerprint density at radius 3 is 2.50 bits per heavy atom. The molecule has 0 aliphatic carbocycles. The van der Waals surface area contributed by atoms with Crippen LogP contribution in [-0.2, 0) is 14.6 Å². The molecule has 0 bridgehead atoms. The fourth-order valence-electron chi connectivity index (χ4n) is 2.69. The smallest absolute Gasteiger partial charge is 0.225 e. The van der Waals surface area contributed by atoms with Gasteiger partial charge in [0.05, 0.1) is 30.6 Å². The molecule has 9 heteroatoms. The van der Waals surface area contributed by atoms with E-state index in [0.29, 0.717) is 41.9 Å². The number of sulfone groups is 1.